The highest BCUT2D eigenvalue weighted by atomic mass is 32.2. The first-order valence-electron chi connectivity index (χ1n) is 6.83. The molecule has 0 saturated heterocycles. The van der Waals surface area contributed by atoms with Crippen molar-refractivity contribution in [2.45, 2.75) is 51.3 Å². The Morgan fingerprint density at radius 1 is 1.11 bits per heavy atom. The van der Waals surface area contributed by atoms with E-state index in [1.807, 2.05) is 38.1 Å². The van der Waals surface area contributed by atoms with Crippen molar-refractivity contribution < 1.29 is 8.42 Å². The van der Waals surface area contributed by atoms with Crippen molar-refractivity contribution in [1.82, 2.24) is 0 Å². The Balaban J connectivity index is 2.67. The van der Waals surface area contributed by atoms with Crippen LogP contribution in [0.1, 0.15) is 51.2 Å². The molecule has 2 N–H and O–H groups in total. The largest absolute Gasteiger partial charge is 0.322 e. The molecule has 0 unspecified atom stereocenters. The van der Waals surface area contributed by atoms with Gasteiger partial charge >= 0.3 is 0 Å². The topological polar surface area (TPSA) is 60.2 Å². The van der Waals surface area contributed by atoms with Crippen LogP contribution in [0.4, 0.5) is 0 Å². The summed E-state index contributed by atoms with van der Waals surface area (Å²) in [5.74, 6) is 0.410. The van der Waals surface area contributed by atoms with Gasteiger partial charge in [0.05, 0.1) is 11.5 Å². The molecule has 0 spiro atoms. The average molecular weight is 283 g/mol. The van der Waals surface area contributed by atoms with Crippen molar-refractivity contribution in [2.75, 3.05) is 5.75 Å². The normalized spacial score (nSPS) is 12.6. The van der Waals surface area contributed by atoms with Crippen LogP contribution in [0.5, 0.6) is 0 Å². The predicted octanol–water partition coefficient (Wildman–Crippen LogP) is 2.99. The molecule has 0 heterocycles. The van der Waals surface area contributed by atoms with Crippen molar-refractivity contribution in [2.24, 2.45) is 5.73 Å². The van der Waals surface area contributed by atoms with Gasteiger partial charge in [0.25, 0.3) is 0 Å². The summed E-state index contributed by atoms with van der Waals surface area (Å²) in [6.07, 6.45) is 2.77. The number of hydrogen-bond acceptors (Lipinski definition) is 3. The van der Waals surface area contributed by atoms with Crippen molar-refractivity contribution in [1.29, 1.82) is 0 Å². The third kappa shape index (κ3) is 5.74. The summed E-state index contributed by atoms with van der Waals surface area (Å²) in [6.45, 7) is 5.94. The van der Waals surface area contributed by atoms with Crippen molar-refractivity contribution in [3.05, 3.63) is 35.4 Å². The standard InChI is InChI=1S/C15H25NO2S/c1-4-5-6-11-19(17,18)12-13-7-9-14(10-8-13)15(2,3)16/h7-10H,4-6,11-12,16H2,1-3H3. The van der Waals surface area contributed by atoms with E-state index in [1.165, 1.54) is 0 Å². The average Bonchev–Trinajstić information content (AvgIpc) is 2.28. The van der Waals surface area contributed by atoms with Crippen molar-refractivity contribution in [3.63, 3.8) is 0 Å². The number of nitrogens with two attached hydrogens (primary N) is 1. The molecule has 0 aliphatic carbocycles. The molecule has 1 aromatic carbocycles. The minimum absolute atomic E-state index is 0.127. The maximum Gasteiger partial charge on any atom is 0.154 e. The lowest BCUT2D eigenvalue weighted by Gasteiger charge is -2.19. The lowest BCUT2D eigenvalue weighted by Crippen LogP contribution is -2.28. The number of sulfone groups is 1. The van der Waals surface area contributed by atoms with Gasteiger partial charge in [0.15, 0.2) is 9.84 Å². The van der Waals surface area contributed by atoms with Crippen LogP contribution in [0.25, 0.3) is 0 Å². The van der Waals surface area contributed by atoms with Gasteiger partial charge in [-0.05, 0) is 31.4 Å². The third-order valence-electron chi connectivity index (χ3n) is 3.14. The maximum atomic E-state index is 11.9. The summed E-state index contributed by atoms with van der Waals surface area (Å²) in [5, 5.41) is 0. The van der Waals surface area contributed by atoms with Crippen LogP contribution in [0.15, 0.2) is 24.3 Å². The van der Waals surface area contributed by atoms with Crippen LogP contribution in [-0.2, 0) is 21.1 Å². The minimum atomic E-state index is -2.99. The van der Waals surface area contributed by atoms with Crippen LogP contribution in [0.3, 0.4) is 0 Å². The summed E-state index contributed by atoms with van der Waals surface area (Å²) >= 11 is 0. The van der Waals surface area contributed by atoms with Crippen LogP contribution < -0.4 is 5.73 Å². The molecule has 0 fully saturated rings. The zero-order valence-corrected chi connectivity index (χ0v) is 13.0. The molecule has 0 bridgehead atoms. The monoisotopic (exact) mass is 283 g/mol. The van der Waals surface area contributed by atoms with Gasteiger partial charge in [-0.25, -0.2) is 8.42 Å². The predicted molar refractivity (Wildman–Crippen MR) is 80.7 cm³/mol. The third-order valence-corrected chi connectivity index (χ3v) is 4.83. The fraction of sp³-hybridized carbons (Fsp3) is 0.600. The van der Waals surface area contributed by atoms with Crippen molar-refractivity contribution >= 4 is 9.84 Å². The first-order valence-corrected chi connectivity index (χ1v) is 8.65. The Bertz CT molecular complexity index is 484. The van der Waals surface area contributed by atoms with Crippen molar-refractivity contribution in [3.8, 4) is 0 Å². The molecule has 0 aliphatic rings. The summed E-state index contributed by atoms with van der Waals surface area (Å²) in [6, 6.07) is 7.55. The zero-order chi connectivity index (χ0) is 14.5. The first-order chi connectivity index (χ1) is 8.74. The van der Waals surface area contributed by atoms with E-state index in [-0.39, 0.29) is 11.5 Å². The van der Waals surface area contributed by atoms with Gasteiger partial charge in [-0.2, -0.15) is 0 Å². The lowest BCUT2D eigenvalue weighted by molar-refractivity contribution is 0.554. The highest BCUT2D eigenvalue weighted by molar-refractivity contribution is 7.90. The fourth-order valence-corrected chi connectivity index (χ4v) is 3.42. The summed E-state index contributed by atoms with van der Waals surface area (Å²) in [5.41, 5.74) is 7.46. The maximum absolute atomic E-state index is 11.9. The molecule has 0 aromatic heterocycles. The SMILES string of the molecule is CCCCCS(=O)(=O)Cc1ccc(C(C)(C)N)cc1. The number of rotatable bonds is 7. The summed E-state index contributed by atoms with van der Waals surface area (Å²) in [4.78, 5) is 0. The molecule has 0 aliphatic heterocycles. The molecule has 0 atom stereocenters. The fourth-order valence-electron chi connectivity index (χ4n) is 1.93. The molecule has 1 aromatic rings. The van der Waals surface area contributed by atoms with Crippen LogP contribution in [-0.4, -0.2) is 14.2 Å². The van der Waals surface area contributed by atoms with E-state index < -0.39 is 15.4 Å². The van der Waals surface area contributed by atoms with Crippen LogP contribution in [0.2, 0.25) is 0 Å². The van der Waals surface area contributed by atoms with Gasteiger partial charge in [0.2, 0.25) is 0 Å². The number of hydrogen-bond donors (Lipinski definition) is 1. The van der Waals surface area contributed by atoms with Gasteiger partial charge < -0.3 is 5.73 Å². The molecule has 0 amide bonds. The second-order valence-electron chi connectivity index (χ2n) is 5.72. The molecule has 19 heavy (non-hydrogen) atoms. The van der Waals surface area contributed by atoms with E-state index in [4.69, 9.17) is 5.73 Å². The first kappa shape index (κ1) is 16.2. The molecule has 0 saturated carbocycles. The molecule has 4 heteroatoms. The Morgan fingerprint density at radius 3 is 2.16 bits per heavy atom. The Morgan fingerprint density at radius 2 is 1.68 bits per heavy atom. The second kappa shape index (κ2) is 6.53. The van der Waals surface area contributed by atoms with Gasteiger partial charge in [0, 0.05) is 5.54 Å². The molecular weight excluding hydrogens is 258 g/mol. The number of unbranched alkanes of at least 4 members (excludes halogenated alkanes) is 2. The van der Waals surface area contributed by atoms with Crippen LogP contribution in [0, 0.1) is 0 Å². The van der Waals surface area contributed by atoms with Gasteiger partial charge in [-0.3, -0.25) is 0 Å². The Labute approximate surface area is 117 Å². The van der Waals surface area contributed by atoms with Crippen LogP contribution >= 0.6 is 0 Å². The smallest absolute Gasteiger partial charge is 0.154 e. The van der Waals surface area contributed by atoms with Gasteiger partial charge in [0.1, 0.15) is 0 Å². The van der Waals surface area contributed by atoms with E-state index >= 15 is 0 Å². The molecule has 1 rings (SSSR count). The summed E-state index contributed by atoms with van der Waals surface area (Å²) in [7, 11) is -2.99. The Hall–Kier alpha value is -0.870. The number of benzene rings is 1. The zero-order valence-electron chi connectivity index (χ0n) is 12.1. The van der Waals surface area contributed by atoms with E-state index in [9.17, 15) is 8.42 Å². The second-order valence-corrected chi connectivity index (χ2v) is 7.90. The van der Waals surface area contributed by atoms with E-state index in [1.54, 1.807) is 0 Å². The quantitative estimate of drug-likeness (QED) is 0.783. The highest BCUT2D eigenvalue weighted by Crippen LogP contribution is 2.18. The van der Waals surface area contributed by atoms with E-state index in [0.29, 0.717) is 0 Å². The highest BCUT2D eigenvalue weighted by Gasteiger charge is 2.15. The summed E-state index contributed by atoms with van der Waals surface area (Å²) < 4.78 is 23.9. The van der Waals surface area contributed by atoms with E-state index in [0.717, 1.165) is 30.4 Å². The lowest BCUT2D eigenvalue weighted by atomic mass is 9.95. The van der Waals surface area contributed by atoms with Gasteiger partial charge in [-0.15, -0.1) is 0 Å². The Kier molecular flexibility index (Phi) is 5.56. The molecule has 0 radical (unpaired) electrons. The molecular formula is C15H25NO2S. The molecule has 108 valence electrons. The van der Waals surface area contributed by atoms with E-state index in [2.05, 4.69) is 6.92 Å². The molecule has 3 nitrogen and oxygen atoms in total. The van der Waals surface area contributed by atoms with Gasteiger partial charge in [-0.1, -0.05) is 44.0 Å². The minimum Gasteiger partial charge on any atom is -0.322 e.